The molecule has 0 radical (unpaired) electrons. The van der Waals surface area contributed by atoms with Gasteiger partial charge in [-0.1, -0.05) is 29.8 Å². The molecule has 4 rings (SSSR count). The molecule has 1 aromatic heterocycles. The van der Waals surface area contributed by atoms with Gasteiger partial charge in [0.25, 0.3) is 5.91 Å². The van der Waals surface area contributed by atoms with E-state index < -0.39 is 10.0 Å². The van der Waals surface area contributed by atoms with E-state index in [9.17, 15) is 13.2 Å². The summed E-state index contributed by atoms with van der Waals surface area (Å²) in [5.74, 6) is -0.139. The molecule has 154 valence electrons. The van der Waals surface area contributed by atoms with Crippen molar-refractivity contribution in [2.75, 3.05) is 11.0 Å². The lowest BCUT2D eigenvalue weighted by molar-refractivity contribution is 0.0711. The highest BCUT2D eigenvalue weighted by atomic mass is 32.2. The summed E-state index contributed by atoms with van der Waals surface area (Å²) in [6.45, 7) is 1.96. The average molecular weight is 440 g/mol. The maximum atomic E-state index is 13.2. The molecule has 0 fully saturated rings. The Bertz CT molecular complexity index is 1200. The van der Waals surface area contributed by atoms with E-state index in [-0.39, 0.29) is 11.9 Å². The van der Waals surface area contributed by atoms with Gasteiger partial charge < -0.3 is 0 Å². The molecule has 8 heteroatoms. The molecule has 2 aromatic carbocycles. The standard InChI is InChI=1S/C22H21N3O3S2/c1-15-4-3-5-17(12-15)22(26)25-21(18-10-11-29-14-18)13-20(23-25)16-6-8-19(9-7-16)24-30(2,27)28/h3-12,14,21,24H,13H2,1-2H3/t21-/m0/s1. The molecule has 0 unspecified atom stereocenters. The summed E-state index contributed by atoms with van der Waals surface area (Å²) in [7, 11) is -3.33. The van der Waals surface area contributed by atoms with E-state index in [2.05, 4.69) is 9.82 Å². The fourth-order valence-corrected chi connectivity index (χ4v) is 4.72. The van der Waals surface area contributed by atoms with E-state index in [0.717, 1.165) is 28.7 Å². The summed E-state index contributed by atoms with van der Waals surface area (Å²) in [6.07, 6.45) is 1.70. The number of sulfonamides is 1. The highest BCUT2D eigenvalue weighted by Crippen LogP contribution is 2.35. The monoisotopic (exact) mass is 439 g/mol. The van der Waals surface area contributed by atoms with Crippen LogP contribution in [0.5, 0.6) is 0 Å². The van der Waals surface area contributed by atoms with Crippen LogP contribution in [0.3, 0.4) is 0 Å². The van der Waals surface area contributed by atoms with Crippen molar-refractivity contribution in [3.63, 3.8) is 0 Å². The summed E-state index contributed by atoms with van der Waals surface area (Å²) in [6, 6.07) is 16.4. The molecule has 1 aliphatic rings. The Balaban J connectivity index is 1.66. The van der Waals surface area contributed by atoms with Crippen molar-refractivity contribution >= 4 is 38.7 Å². The van der Waals surface area contributed by atoms with Gasteiger partial charge in [-0.15, -0.1) is 0 Å². The number of hydrogen-bond acceptors (Lipinski definition) is 5. The van der Waals surface area contributed by atoms with Crippen molar-refractivity contribution in [3.8, 4) is 0 Å². The zero-order valence-electron chi connectivity index (χ0n) is 16.6. The van der Waals surface area contributed by atoms with Crippen LogP contribution in [0.1, 0.15) is 39.5 Å². The Morgan fingerprint density at radius 3 is 2.57 bits per heavy atom. The minimum Gasteiger partial charge on any atom is -0.284 e. The molecule has 0 spiro atoms. The van der Waals surface area contributed by atoms with Gasteiger partial charge in [-0.25, -0.2) is 13.4 Å². The normalized spacial score (nSPS) is 16.4. The largest absolute Gasteiger partial charge is 0.284 e. The maximum absolute atomic E-state index is 13.2. The molecule has 1 aliphatic heterocycles. The van der Waals surface area contributed by atoms with Gasteiger partial charge in [-0.05, 0) is 59.1 Å². The van der Waals surface area contributed by atoms with Crippen LogP contribution >= 0.6 is 11.3 Å². The number of hydrazone groups is 1. The first-order valence-electron chi connectivity index (χ1n) is 9.38. The van der Waals surface area contributed by atoms with Crippen molar-refractivity contribution in [2.24, 2.45) is 5.10 Å². The van der Waals surface area contributed by atoms with Gasteiger partial charge in [0.15, 0.2) is 0 Å². The van der Waals surface area contributed by atoms with Crippen LogP contribution in [0.4, 0.5) is 5.69 Å². The van der Waals surface area contributed by atoms with Crippen LogP contribution < -0.4 is 4.72 Å². The van der Waals surface area contributed by atoms with Gasteiger partial charge in [-0.2, -0.15) is 16.4 Å². The quantitative estimate of drug-likeness (QED) is 0.639. The number of nitrogens with zero attached hydrogens (tertiary/aromatic N) is 2. The molecule has 3 aromatic rings. The number of aryl methyl sites for hydroxylation is 1. The van der Waals surface area contributed by atoms with Gasteiger partial charge >= 0.3 is 0 Å². The van der Waals surface area contributed by atoms with E-state index in [1.54, 1.807) is 34.5 Å². The maximum Gasteiger partial charge on any atom is 0.274 e. The van der Waals surface area contributed by atoms with Gasteiger partial charge in [0.05, 0.1) is 18.0 Å². The Hall–Kier alpha value is -2.97. The van der Waals surface area contributed by atoms with Crippen LogP contribution in [0, 0.1) is 6.92 Å². The third-order valence-corrected chi connectivity index (χ3v) is 6.14. The second kappa shape index (κ2) is 8.04. The minimum absolute atomic E-state index is 0.139. The summed E-state index contributed by atoms with van der Waals surface area (Å²) in [4.78, 5) is 13.2. The Morgan fingerprint density at radius 1 is 1.17 bits per heavy atom. The van der Waals surface area contributed by atoms with E-state index in [4.69, 9.17) is 0 Å². The second-order valence-corrected chi connectivity index (χ2v) is 9.82. The second-order valence-electron chi connectivity index (χ2n) is 7.29. The van der Waals surface area contributed by atoms with Crippen molar-refractivity contribution in [3.05, 3.63) is 87.6 Å². The number of carbonyl (C=O) groups is 1. The van der Waals surface area contributed by atoms with E-state index in [1.165, 1.54) is 0 Å². The first kappa shape index (κ1) is 20.3. The molecule has 2 heterocycles. The van der Waals surface area contributed by atoms with Crippen molar-refractivity contribution in [2.45, 2.75) is 19.4 Å². The zero-order valence-corrected chi connectivity index (χ0v) is 18.2. The molecular weight excluding hydrogens is 418 g/mol. The summed E-state index contributed by atoms with van der Waals surface area (Å²) in [5.41, 5.74) is 4.81. The number of thiophene rings is 1. The number of benzene rings is 2. The number of anilines is 1. The van der Waals surface area contributed by atoms with Crippen molar-refractivity contribution in [1.29, 1.82) is 0 Å². The summed E-state index contributed by atoms with van der Waals surface area (Å²) in [5, 5.41) is 10.3. The lowest BCUT2D eigenvalue weighted by Gasteiger charge is -2.21. The highest BCUT2D eigenvalue weighted by Gasteiger charge is 2.33. The summed E-state index contributed by atoms with van der Waals surface area (Å²) < 4.78 is 25.3. The van der Waals surface area contributed by atoms with Crippen LogP contribution in [0.25, 0.3) is 0 Å². The number of carbonyl (C=O) groups excluding carboxylic acids is 1. The van der Waals surface area contributed by atoms with Crippen molar-refractivity contribution < 1.29 is 13.2 Å². The predicted molar refractivity (Wildman–Crippen MR) is 120 cm³/mol. The molecule has 30 heavy (non-hydrogen) atoms. The van der Waals surface area contributed by atoms with Gasteiger partial charge in [0.1, 0.15) is 0 Å². The Morgan fingerprint density at radius 2 is 1.93 bits per heavy atom. The molecule has 0 aliphatic carbocycles. The zero-order chi connectivity index (χ0) is 21.3. The molecule has 0 saturated carbocycles. The molecule has 1 atom stereocenters. The molecule has 1 N–H and O–H groups in total. The Labute approximate surface area is 179 Å². The highest BCUT2D eigenvalue weighted by molar-refractivity contribution is 7.92. The SMILES string of the molecule is Cc1cccc(C(=O)N2N=C(c3ccc(NS(C)(=O)=O)cc3)C[C@H]2c2ccsc2)c1. The topological polar surface area (TPSA) is 78.8 Å². The predicted octanol–water partition coefficient (Wildman–Crippen LogP) is 4.42. The van der Waals surface area contributed by atoms with Gasteiger partial charge in [0, 0.05) is 17.7 Å². The molecule has 0 bridgehead atoms. The molecule has 1 amide bonds. The molecule has 0 saturated heterocycles. The van der Waals surface area contributed by atoms with E-state index in [1.807, 2.05) is 54.1 Å². The van der Waals surface area contributed by atoms with Crippen LogP contribution in [0.2, 0.25) is 0 Å². The van der Waals surface area contributed by atoms with Crippen LogP contribution in [-0.2, 0) is 10.0 Å². The van der Waals surface area contributed by atoms with Gasteiger partial charge in [-0.3, -0.25) is 9.52 Å². The lowest BCUT2D eigenvalue weighted by Crippen LogP contribution is -2.26. The first-order valence-corrected chi connectivity index (χ1v) is 12.2. The first-order chi connectivity index (χ1) is 14.3. The fraction of sp³-hybridized carbons (Fsp3) is 0.182. The number of nitrogens with one attached hydrogen (secondary N) is 1. The van der Waals surface area contributed by atoms with E-state index in [0.29, 0.717) is 17.7 Å². The minimum atomic E-state index is -3.33. The molecule has 6 nitrogen and oxygen atoms in total. The van der Waals surface area contributed by atoms with Gasteiger partial charge in [0.2, 0.25) is 10.0 Å². The average Bonchev–Trinajstić information content (AvgIpc) is 3.36. The third-order valence-electron chi connectivity index (χ3n) is 4.83. The van der Waals surface area contributed by atoms with E-state index >= 15 is 0 Å². The van der Waals surface area contributed by atoms with Crippen molar-refractivity contribution in [1.82, 2.24) is 5.01 Å². The molecular formula is C22H21N3O3S2. The summed E-state index contributed by atoms with van der Waals surface area (Å²) >= 11 is 1.59. The number of hydrogen-bond donors (Lipinski definition) is 1. The third kappa shape index (κ3) is 4.44. The lowest BCUT2D eigenvalue weighted by atomic mass is 10.00. The smallest absolute Gasteiger partial charge is 0.274 e. The van der Waals surface area contributed by atoms with Crippen LogP contribution in [-0.4, -0.2) is 31.3 Å². The Kier molecular flexibility index (Phi) is 5.44. The fourth-order valence-electron chi connectivity index (χ4n) is 3.45. The number of amides is 1. The number of rotatable bonds is 5. The van der Waals surface area contributed by atoms with Crippen LogP contribution in [0.15, 0.2) is 70.5 Å².